The maximum Gasteiger partial charge on any atom is 0.527 e. The molecule has 0 heterocycles. The zero-order valence-corrected chi connectivity index (χ0v) is 48.8. The molecule has 0 unspecified atom stereocenters. The Morgan fingerprint density at radius 2 is 0.644 bits per heavy atom. The van der Waals surface area contributed by atoms with E-state index in [2.05, 4.69) is 185 Å². The van der Waals surface area contributed by atoms with Crippen LogP contribution in [0.4, 0.5) is 96.6 Å². The zero-order chi connectivity index (χ0) is 69.0. The first-order valence-electron chi connectivity index (χ1n) is 24.2. The molecular formula is C53H44F22O11S4. The van der Waals surface area contributed by atoms with Gasteiger partial charge in [0.2, 0.25) is 0 Å². The van der Waals surface area contributed by atoms with E-state index in [0.29, 0.717) is 0 Å². The fourth-order valence-electron chi connectivity index (χ4n) is 6.76. The number of alkyl halides is 22. The minimum absolute atomic E-state index is 0.0460. The molecule has 0 saturated carbocycles. The number of ether oxygens (including phenoxy) is 5. The second-order valence-electron chi connectivity index (χ2n) is 17.6. The third-order valence-corrected chi connectivity index (χ3v) is 17.0. The molecule has 0 aromatic heterocycles. The molecule has 0 aliphatic heterocycles. The average Bonchev–Trinajstić information content (AvgIpc) is 0.826. The lowest BCUT2D eigenvalue weighted by Crippen LogP contribution is -2.57. The third-order valence-electron chi connectivity index (χ3n) is 10.5. The predicted molar refractivity (Wildman–Crippen MR) is 273 cm³/mol. The van der Waals surface area contributed by atoms with Crippen LogP contribution in [0.1, 0.15) is 36.5 Å². The van der Waals surface area contributed by atoms with Gasteiger partial charge in [0, 0.05) is 11.1 Å². The molecule has 11 nitrogen and oxygen atoms in total. The Morgan fingerprint density at radius 1 is 0.378 bits per heavy atom. The summed E-state index contributed by atoms with van der Waals surface area (Å²) in [6, 6.07) is 56.3. The van der Waals surface area contributed by atoms with E-state index >= 15 is 0 Å². The Kier molecular flexibility index (Phi) is 26.2. The molecule has 0 amide bonds. The van der Waals surface area contributed by atoms with E-state index in [1.54, 1.807) is 0 Å². The van der Waals surface area contributed by atoms with Crippen LogP contribution < -0.4 is 4.74 Å². The second-order valence-corrected chi connectivity index (χ2v) is 24.4. The highest BCUT2D eigenvalue weighted by Crippen LogP contribution is 2.50. The molecule has 0 spiro atoms. The summed E-state index contributed by atoms with van der Waals surface area (Å²) in [5, 5.41) is -14.0. The van der Waals surface area contributed by atoms with Crippen molar-refractivity contribution in [2.75, 3.05) is 6.61 Å². The van der Waals surface area contributed by atoms with Crippen molar-refractivity contribution in [1.29, 1.82) is 0 Å². The second kappa shape index (κ2) is 30.1. The molecule has 0 aliphatic carbocycles. The molecule has 0 radical (unpaired) electrons. The van der Waals surface area contributed by atoms with E-state index < -0.39 is 80.1 Å². The van der Waals surface area contributed by atoms with Crippen molar-refractivity contribution < 1.29 is 146 Å². The van der Waals surface area contributed by atoms with Gasteiger partial charge >= 0.3 is 59.9 Å². The molecule has 37 heteroatoms. The van der Waals surface area contributed by atoms with Crippen LogP contribution in [0.3, 0.4) is 0 Å². The van der Waals surface area contributed by atoms with Crippen LogP contribution in [0.15, 0.2) is 187 Å². The Balaban J connectivity index is 0.000000314. The fraction of sp³-hybridized carbons (Fsp3) is 0.321. The van der Waals surface area contributed by atoms with Crippen LogP contribution in [-0.2, 0) is 61.0 Å². The summed E-state index contributed by atoms with van der Waals surface area (Å²) >= 11 is 0. The van der Waals surface area contributed by atoms with Crippen LogP contribution in [0, 0.1) is 20.8 Å². The van der Waals surface area contributed by atoms with Crippen molar-refractivity contribution in [3.63, 3.8) is 0 Å². The Bertz CT molecular complexity index is 3250. The number of aryl methyl sites for hydroxylation is 3. The molecule has 6 aromatic carbocycles. The van der Waals surface area contributed by atoms with Gasteiger partial charge in [-0.15, -0.1) is 26.3 Å². The molecule has 6 aromatic rings. The first-order chi connectivity index (χ1) is 40.9. The molecule has 90 heavy (non-hydrogen) atoms. The van der Waals surface area contributed by atoms with Gasteiger partial charge in [0.05, 0.1) is 28.4 Å². The SMILES string of the molecule is CCCCOc1ccc([S+](c2ccccc2)c2ccccc2)cc1.Cc1cc(C)c([S+](c2ccccc2)c2ccccc2)c(C)c1.O=S(=O)([O-])C(F)(F)C(F)(F)OC(F)(F)C(F)(F)OC(F)(F)F.O=S(=O)([O-])C(F)(F)C(F)(F)OC(F)(F)C(F)(F)OC(F)(F)F. The largest absolute Gasteiger partial charge is 0.743 e. The van der Waals surface area contributed by atoms with E-state index in [0.717, 1.165) is 25.2 Å². The highest BCUT2D eigenvalue weighted by molar-refractivity contribution is 7.97. The predicted octanol–water partition coefficient (Wildman–Crippen LogP) is 16.6. The van der Waals surface area contributed by atoms with Crippen LogP contribution in [0.25, 0.3) is 0 Å². The molecule has 0 atom stereocenters. The van der Waals surface area contributed by atoms with E-state index in [-0.39, 0.29) is 21.8 Å². The van der Waals surface area contributed by atoms with Crippen molar-refractivity contribution >= 4 is 42.0 Å². The number of rotatable bonds is 22. The van der Waals surface area contributed by atoms with Crippen molar-refractivity contribution in [3.05, 3.63) is 174 Å². The van der Waals surface area contributed by atoms with Gasteiger partial charge in [-0.1, -0.05) is 104 Å². The summed E-state index contributed by atoms with van der Waals surface area (Å²) in [4.78, 5) is 8.21. The van der Waals surface area contributed by atoms with Gasteiger partial charge < -0.3 is 13.8 Å². The van der Waals surface area contributed by atoms with Crippen LogP contribution in [0.5, 0.6) is 5.75 Å². The quantitative estimate of drug-likeness (QED) is 0.0275. The van der Waals surface area contributed by atoms with E-state index in [1.165, 1.54) is 65.0 Å². The third kappa shape index (κ3) is 21.2. The van der Waals surface area contributed by atoms with Gasteiger partial charge in [0.1, 0.15) is 5.75 Å². The number of benzene rings is 6. The molecule has 0 saturated heterocycles. The molecule has 0 bridgehead atoms. The normalized spacial score (nSPS) is 13.4. The average molecular weight is 1400 g/mol. The number of hydrogen-bond acceptors (Lipinski definition) is 11. The van der Waals surface area contributed by atoms with Crippen LogP contribution >= 0.6 is 0 Å². The molecule has 500 valence electrons. The van der Waals surface area contributed by atoms with Gasteiger partial charge in [0.15, 0.2) is 49.6 Å². The first kappa shape index (κ1) is 78.2. The maximum atomic E-state index is 12.5. The monoisotopic (exact) mass is 1400 g/mol. The molecular weight excluding hydrogens is 1360 g/mol. The van der Waals surface area contributed by atoms with E-state index in [9.17, 15) is 123 Å². The Hall–Kier alpha value is -6.06. The minimum atomic E-state index is -7.41. The summed E-state index contributed by atoms with van der Waals surface area (Å²) in [6.07, 6.45) is -53.2. The molecule has 0 N–H and O–H groups in total. The first-order valence-corrected chi connectivity index (χ1v) is 29.5. The van der Waals surface area contributed by atoms with Crippen molar-refractivity contribution in [2.24, 2.45) is 0 Å². The summed E-state index contributed by atoms with van der Waals surface area (Å²) in [5.41, 5.74) is 4.10. The highest BCUT2D eigenvalue weighted by Gasteiger charge is 2.75. The zero-order valence-electron chi connectivity index (χ0n) is 45.6. The van der Waals surface area contributed by atoms with Gasteiger partial charge in [-0.3, -0.25) is 0 Å². The fourth-order valence-corrected chi connectivity index (χ4v) is 11.9. The molecule has 6 rings (SSSR count). The Labute approximate surface area is 503 Å². The smallest absolute Gasteiger partial charge is 0.527 e. The number of unbranched alkanes of at least 4 members (excludes halogenated alkanes) is 1. The summed E-state index contributed by atoms with van der Waals surface area (Å²) in [5.74, 6) is 0.955. The van der Waals surface area contributed by atoms with Gasteiger partial charge in [-0.2, -0.15) is 70.2 Å². The lowest BCUT2D eigenvalue weighted by atomic mass is 10.1. The number of hydrogen-bond donors (Lipinski definition) is 0. The molecule has 0 aliphatic rings. The maximum absolute atomic E-state index is 12.5. The standard InChI is InChI=1S/C22H23OS.C21H21S.2C5HF11O5S/c1-2-3-18-23-19-14-16-22(17-15-19)24(20-10-6-4-7-11-20)21-12-8-5-9-13-21;1-16-14-17(2)21(18(3)15-16)22(19-10-6-4-7-11-19)20-12-8-5-9-13-20;2*6-1(7,2(8,9)21-5(14,15)16)20-3(10,11)4(12,13)22(17,18)19/h4-17H,2-3,18H2,1H3;4-15H,1-3H3;2*(H,17,18,19)/q2*+1;;/p-2. The minimum Gasteiger partial charge on any atom is -0.743 e. The van der Waals surface area contributed by atoms with Gasteiger partial charge in [0.25, 0.3) is 0 Å². The Morgan fingerprint density at radius 3 is 0.911 bits per heavy atom. The summed E-state index contributed by atoms with van der Waals surface area (Å²) in [6.45, 7) is 9.62. The van der Waals surface area contributed by atoms with Crippen molar-refractivity contribution in [3.8, 4) is 5.75 Å². The van der Waals surface area contributed by atoms with Crippen molar-refractivity contribution in [2.45, 2.75) is 130 Å². The van der Waals surface area contributed by atoms with Crippen LogP contribution in [0.2, 0.25) is 0 Å². The van der Waals surface area contributed by atoms with E-state index in [1.807, 2.05) is 0 Å². The van der Waals surface area contributed by atoms with Crippen LogP contribution in [-0.4, -0.2) is 92.4 Å². The summed E-state index contributed by atoms with van der Waals surface area (Å²) in [7, 11) is -15.0. The lowest BCUT2D eigenvalue weighted by Gasteiger charge is -2.33. The summed E-state index contributed by atoms with van der Waals surface area (Å²) < 4.78 is 336. The van der Waals surface area contributed by atoms with Crippen molar-refractivity contribution in [1.82, 2.24) is 0 Å². The molecule has 0 fully saturated rings. The topological polar surface area (TPSA) is 161 Å². The number of halogens is 22. The lowest BCUT2D eigenvalue weighted by molar-refractivity contribution is -0.537. The highest BCUT2D eigenvalue weighted by atomic mass is 32.2. The van der Waals surface area contributed by atoms with E-state index in [4.69, 9.17) is 4.74 Å². The van der Waals surface area contributed by atoms with Gasteiger partial charge in [-0.05, 0) is 100.0 Å². The van der Waals surface area contributed by atoms with Gasteiger partial charge in [-0.25, -0.2) is 35.8 Å².